The third-order valence-electron chi connectivity index (χ3n) is 6.13. The summed E-state index contributed by atoms with van der Waals surface area (Å²) in [4.78, 5) is 37.0. The lowest BCUT2D eigenvalue weighted by molar-refractivity contribution is -0.142. The van der Waals surface area contributed by atoms with Gasteiger partial charge in [-0.2, -0.15) is 0 Å². The second kappa shape index (κ2) is 11.7. The molecule has 0 aliphatic heterocycles. The fourth-order valence-electron chi connectivity index (χ4n) is 4.31. The van der Waals surface area contributed by atoms with Gasteiger partial charge in [0.15, 0.2) is 0 Å². The maximum absolute atomic E-state index is 12.8. The molecule has 1 aliphatic rings. The Morgan fingerprint density at radius 2 is 1.56 bits per heavy atom. The maximum Gasteiger partial charge on any atom is 0.407 e. The highest BCUT2D eigenvalue weighted by atomic mass is 16.5. The summed E-state index contributed by atoms with van der Waals surface area (Å²) in [5.74, 6) is -2.03. The van der Waals surface area contributed by atoms with E-state index in [2.05, 4.69) is 22.8 Å². The summed E-state index contributed by atoms with van der Waals surface area (Å²) in [6.45, 7) is 4.14. The number of carbonyl (C=O) groups is 3. The highest BCUT2D eigenvalue weighted by Crippen LogP contribution is 2.44. The minimum atomic E-state index is -1.12. The second-order valence-corrected chi connectivity index (χ2v) is 8.88. The molecule has 34 heavy (non-hydrogen) atoms. The molecular formula is C26H33N3O5. The third-order valence-corrected chi connectivity index (χ3v) is 6.13. The largest absolute Gasteiger partial charge is 0.480 e. The first-order valence-corrected chi connectivity index (χ1v) is 11.7. The number of benzene rings is 2. The van der Waals surface area contributed by atoms with E-state index in [4.69, 9.17) is 10.5 Å². The lowest BCUT2D eigenvalue weighted by Gasteiger charge is -2.24. The van der Waals surface area contributed by atoms with Gasteiger partial charge in [-0.1, -0.05) is 62.4 Å². The standard InChI is InChI=1S/C26H33N3O5/c1-16(2)23(24(30)28-22(25(31)32)13-7-8-14-27)29-26(33)34-15-21-19-11-5-3-9-17(19)18-10-4-6-12-20(18)21/h3-6,9-12,16,21-23H,7-8,13-15,27H2,1-2H3,(H,28,30)(H,29,33)(H,31,32)/t22-,23?/m0/s1. The number of alkyl carbamates (subject to hydrolysis) is 1. The maximum atomic E-state index is 12.8. The van der Waals surface area contributed by atoms with E-state index in [0.29, 0.717) is 19.4 Å². The number of fused-ring (bicyclic) bond motifs is 3. The van der Waals surface area contributed by atoms with Crippen molar-refractivity contribution in [1.29, 1.82) is 0 Å². The average Bonchev–Trinajstić information content (AvgIpc) is 3.14. The van der Waals surface area contributed by atoms with Crippen LogP contribution in [0.1, 0.15) is 50.2 Å². The molecule has 8 nitrogen and oxygen atoms in total. The van der Waals surface area contributed by atoms with Crippen LogP contribution in [-0.4, -0.2) is 48.3 Å². The zero-order valence-corrected chi connectivity index (χ0v) is 19.6. The van der Waals surface area contributed by atoms with Crippen molar-refractivity contribution in [1.82, 2.24) is 10.6 Å². The Morgan fingerprint density at radius 1 is 0.971 bits per heavy atom. The van der Waals surface area contributed by atoms with Crippen LogP contribution >= 0.6 is 0 Å². The van der Waals surface area contributed by atoms with Crippen molar-refractivity contribution in [2.75, 3.05) is 13.2 Å². The summed E-state index contributed by atoms with van der Waals surface area (Å²) >= 11 is 0. The van der Waals surface area contributed by atoms with Crippen LogP contribution in [0, 0.1) is 5.92 Å². The van der Waals surface area contributed by atoms with Gasteiger partial charge in [-0.05, 0) is 54.0 Å². The van der Waals surface area contributed by atoms with E-state index in [1.807, 2.05) is 36.4 Å². The third kappa shape index (κ3) is 5.94. The Balaban J connectivity index is 1.62. The summed E-state index contributed by atoms with van der Waals surface area (Å²) < 4.78 is 5.54. The normalized spacial score (nSPS) is 14.1. The quantitative estimate of drug-likeness (QED) is 0.375. The number of nitrogens with one attached hydrogen (secondary N) is 2. The van der Waals surface area contributed by atoms with Gasteiger partial charge in [0.1, 0.15) is 18.7 Å². The zero-order valence-electron chi connectivity index (χ0n) is 19.6. The predicted octanol–water partition coefficient (Wildman–Crippen LogP) is 3.25. The summed E-state index contributed by atoms with van der Waals surface area (Å²) in [5, 5.41) is 14.6. The number of carbonyl (C=O) groups excluding carboxylic acids is 2. The lowest BCUT2D eigenvalue weighted by Crippen LogP contribution is -2.53. The van der Waals surface area contributed by atoms with Crippen LogP contribution in [0.5, 0.6) is 0 Å². The molecule has 3 rings (SSSR count). The topological polar surface area (TPSA) is 131 Å². The van der Waals surface area contributed by atoms with Gasteiger partial charge in [-0.3, -0.25) is 4.79 Å². The van der Waals surface area contributed by atoms with E-state index in [1.54, 1.807) is 13.8 Å². The molecule has 0 spiro atoms. The summed E-state index contributed by atoms with van der Waals surface area (Å²) in [7, 11) is 0. The van der Waals surface area contributed by atoms with Crippen LogP contribution < -0.4 is 16.4 Å². The number of rotatable bonds is 11. The summed E-state index contributed by atoms with van der Waals surface area (Å²) in [5.41, 5.74) is 9.90. The van der Waals surface area contributed by atoms with E-state index >= 15 is 0 Å². The fraction of sp³-hybridized carbons (Fsp3) is 0.423. The molecule has 1 unspecified atom stereocenters. The van der Waals surface area contributed by atoms with Gasteiger partial charge in [0.05, 0.1) is 0 Å². The number of carboxylic acids is 1. The van der Waals surface area contributed by atoms with Gasteiger partial charge in [0.2, 0.25) is 5.91 Å². The minimum absolute atomic E-state index is 0.0941. The van der Waals surface area contributed by atoms with Gasteiger partial charge in [0.25, 0.3) is 0 Å². The second-order valence-electron chi connectivity index (χ2n) is 8.88. The first-order chi connectivity index (χ1) is 16.3. The Hall–Kier alpha value is -3.39. The van der Waals surface area contributed by atoms with Gasteiger partial charge >= 0.3 is 12.1 Å². The molecule has 0 aromatic heterocycles. The predicted molar refractivity (Wildman–Crippen MR) is 129 cm³/mol. The molecule has 0 heterocycles. The highest BCUT2D eigenvalue weighted by Gasteiger charge is 2.31. The summed E-state index contributed by atoms with van der Waals surface area (Å²) in [6.07, 6.45) is 0.810. The van der Waals surface area contributed by atoms with Gasteiger partial charge < -0.3 is 26.2 Å². The minimum Gasteiger partial charge on any atom is -0.480 e. The molecular weight excluding hydrogens is 434 g/mol. The van der Waals surface area contributed by atoms with E-state index in [9.17, 15) is 19.5 Å². The first-order valence-electron chi connectivity index (χ1n) is 11.7. The van der Waals surface area contributed by atoms with Crippen LogP contribution in [0.3, 0.4) is 0 Å². The molecule has 2 amide bonds. The Morgan fingerprint density at radius 3 is 2.09 bits per heavy atom. The van der Waals surface area contributed by atoms with Gasteiger partial charge in [0, 0.05) is 5.92 Å². The van der Waals surface area contributed by atoms with Gasteiger partial charge in [-0.15, -0.1) is 0 Å². The molecule has 0 radical (unpaired) electrons. The van der Waals surface area contributed by atoms with Crippen LogP contribution in [0.2, 0.25) is 0 Å². The van der Waals surface area contributed by atoms with Crippen molar-refractivity contribution in [2.45, 2.75) is 51.1 Å². The molecule has 182 valence electrons. The molecule has 1 aliphatic carbocycles. The lowest BCUT2D eigenvalue weighted by atomic mass is 9.98. The van der Waals surface area contributed by atoms with E-state index in [0.717, 1.165) is 22.3 Å². The molecule has 2 aromatic carbocycles. The van der Waals surface area contributed by atoms with E-state index < -0.39 is 30.1 Å². The number of hydrogen-bond donors (Lipinski definition) is 4. The van der Waals surface area contributed by atoms with Crippen molar-refractivity contribution in [2.24, 2.45) is 11.7 Å². The van der Waals surface area contributed by atoms with Crippen molar-refractivity contribution in [3.8, 4) is 11.1 Å². The highest BCUT2D eigenvalue weighted by molar-refractivity contribution is 5.89. The SMILES string of the molecule is CC(C)C(NC(=O)OCC1c2ccccc2-c2ccccc21)C(=O)N[C@@H](CCCCN)C(=O)O. The van der Waals surface area contributed by atoms with Crippen molar-refractivity contribution in [3.63, 3.8) is 0 Å². The van der Waals surface area contributed by atoms with Crippen molar-refractivity contribution >= 4 is 18.0 Å². The van der Waals surface area contributed by atoms with Crippen molar-refractivity contribution in [3.05, 3.63) is 59.7 Å². The van der Waals surface area contributed by atoms with Crippen LogP contribution in [0.4, 0.5) is 4.79 Å². The molecule has 0 saturated carbocycles. The van der Waals surface area contributed by atoms with Gasteiger partial charge in [-0.25, -0.2) is 9.59 Å². The van der Waals surface area contributed by atoms with E-state index in [-0.39, 0.29) is 24.9 Å². The number of nitrogens with two attached hydrogens (primary N) is 1. The molecule has 2 atom stereocenters. The molecule has 0 bridgehead atoms. The van der Waals surface area contributed by atoms with Crippen LogP contribution in [0.25, 0.3) is 11.1 Å². The number of hydrogen-bond acceptors (Lipinski definition) is 5. The smallest absolute Gasteiger partial charge is 0.407 e. The van der Waals surface area contributed by atoms with E-state index in [1.165, 1.54) is 0 Å². The number of unbranched alkanes of at least 4 members (excludes halogenated alkanes) is 1. The number of amides is 2. The molecule has 0 saturated heterocycles. The fourth-order valence-corrected chi connectivity index (χ4v) is 4.31. The molecule has 5 N–H and O–H groups in total. The number of carboxylic acid groups (broad SMARTS) is 1. The molecule has 2 aromatic rings. The Bertz CT molecular complexity index is 978. The van der Waals surface area contributed by atoms with Crippen LogP contribution in [-0.2, 0) is 14.3 Å². The number of aliphatic carboxylic acids is 1. The number of ether oxygens (including phenoxy) is 1. The molecule has 0 fully saturated rings. The monoisotopic (exact) mass is 467 g/mol. The average molecular weight is 468 g/mol. The first kappa shape index (κ1) is 25.2. The van der Waals surface area contributed by atoms with Crippen molar-refractivity contribution < 1.29 is 24.2 Å². The zero-order chi connectivity index (χ0) is 24.7. The summed E-state index contributed by atoms with van der Waals surface area (Å²) in [6, 6.07) is 14.1. The van der Waals surface area contributed by atoms with Crippen LogP contribution in [0.15, 0.2) is 48.5 Å². The Kier molecular flexibility index (Phi) is 8.65. The molecule has 8 heteroatoms. The Labute approximate surface area is 199 Å².